The Balaban J connectivity index is 2.07. The van der Waals surface area contributed by atoms with E-state index in [1.54, 1.807) is 4.90 Å². The Kier molecular flexibility index (Phi) is 2.49. The number of urea groups is 1. The van der Waals surface area contributed by atoms with Crippen LogP contribution in [0.3, 0.4) is 0 Å². The number of carbonyl (C=O) groups is 1. The Bertz CT molecular complexity index is 346. The van der Waals surface area contributed by atoms with Gasteiger partial charge in [-0.2, -0.15) is 0 Å². The van der Waals surface area contributed by atoms with Crippen molar-refractivity contribution in [3.05, 3.63) is 48.2 Å². The molecule has 2 amide bonds. The maximum atomic E-state index is 11.4. The molecule has 1 aliphatic heterocycles. The zero-order valence-corrected chi connectivity index (χ0v) is 7.81. The van der Waals surface area contributed by atoms with Crippen molar-refractivity contribution in [3.63, 3.8) is 0 Å². The maximum absolute atomic E-state index is 11.4. The van der Waals surface area contributed by atoms with Crippen LogP contribution < -0.4 is 5.32 Å². The molecular weight excluding hydrogens is 176 g/mol. The van der Waals surface area contributed by atoms with E-state index in [9.17, 15) is 4.79 Å². The van der Waals surface area contributed by atoms with Crippen molar-refractivity contribution in [2.75, 3.05) is 6.54 Å². The van der Waals surface area contributed by atoms with Crippen molar-refractivity contribution < 1.29 is 4.79 Å². The molecule has 0 saturated heterocycles. The van der Waals surface area contributed by atoms with Crippen LogP contribution in [0.2, 0.25) is 0 Å². The normalized spacial score (nSPS) is 15.4. The fraction of sp³-hybridized carbons (Fsp3) is 0.182. The Hall–Kier alpha value is -1.77. The molecule has 1 aromatic rings. The number of benzene rings is 1. The van der Waals surface area contributed by atoms with Crippen molar-refractivity contribution in [2.24, 2.45) is 0 Å². The molecule has 0 aromatic heterocycles. The number of amides is 2. The summed E-state index contributed by atoms with van der Waals surface area (Å²) in [6, 6.07) is 9.90. The molecule has 0 spiro atoms. The minimum atomic E-state index is -0.0312. The minimum Gasteiger partial charge on any atom is -0.334 e. The van der Waals surface area contributed by atoms with Crippen LogP contribution in [0, 0.1) is 0 Å². The summed E-state index contributed by atoms with van der Waals surface area (Å²) >= 11 is 0. The second kappa shape index (κ2) is 3.96. The molecule has 0 aliphatic carbocycles. The van der Waals surface area contributed by atoms with Crippen molar-refractivity contribution in [1.82, 2.24) is 10.2 Å². The summed E-state index contributed by atoms with van der Waals surface area (Å²) in [5.41, 5.74) is 1.13. The van der Waals surface area contributed by atoms with Crippen LogP contribution in [0.1, 0.15) is 5.56 Å². The smallest absolute Gasteiger partial charge is 0.321 e. The van der Waals surface area contributed by atoms with Crippen LogP contribution in [0.25, 0.3) is 0 Å². The van der Waals surface area contributed by atoms with Crippen LogP contribution in [0.5, 0.6) is 0 Å². The van der Waals surface area contributed by atoms with Gasteiger partial charge in [-0.3, -0.25) is 4.90 Å². The van der Waals surface area contributed by atoms with E-state index >= 15 is 0 Å². The monoisotopic (exact) mass is 188 g/mol. The third-order valence-corrected chi connectivity index (χ3v) is 2.11. The van der Waals surface area contributed by atoms with Gasteiger partial charge in [-0.15, -0.1) is 0 Å². The van der Waals surface area contributed by atoms with Gasteiger partial charge in [0, 0.05) is 12.7 Å². The number of nitrogens with one attached hydrogen (secondary N) is 1. The van der Waals surface area contributed by atoms with Crippen LogP contribution in [0.4, 0.5) is 4.79 Å². The van der Waals surface area contributed by atoms with E-state index in [0.717, 1.165) is 5.56 Å². The van der Waals surface area contributed by atoms with Crippen molar-refractivity contribution >= 4 is 6.03 Å². The van der Waals surface area contributed by atoms with E-state index < -0.39 is 0 Å². The molecule has 1 N–H and O–H groups in total. The SMILES string of the molecule is O=C1NCC=CN1Cc1ccccc1. The Morgan fingerprint density at radius 2 is 2.07 bits per heavy atom. The molecule has 2 rings (SSSR count). The lowest BCUT2D eigenvalue weighted by Gasteiger charge is -2.22. The first kappa shape index (κ1) is 8.81. The molecule has 72 valence electrons. The molecule has 3 nitrogen and oxygen atoms in total. The van der Waals surface area contributed by atoms with Crippen LogP contribution >= 0.6 is 0 Å². The molecule has 0 fully saturated rings. The zero-order valence-electron chi connectivity index (χ0n) is 7.81. The molecule has 0 radical (unpaired) electrons. The maximum Gasteiger partial charge on any atom is 0.321 e. The molecule has 0 unspecified atom stereocenters. The predicted molar refractivity (Wildman–Crippen MR) is 54.5 cm³/mol. The van der Waals surface area contributed by atoms with Gasteiger partial charge >= 0.3 is 6.03 Å². The second-order valence-corrected chi connectivity index (χ2v) is 3.18. The Labute approximate surface area is 83.0 Å². The van der Waals surface area contributed by atoms with E-state index in [1.807, 2.05) is 42.6 Å². The van der Waals surface area contributed by atoms with Gasteiger partial charge in [0.2, 0.25) is 0 Å². The molecule has 3 heteroatoms. The zero-order chi connectivity index (χ0) is 9.80. The van der Waals surface area contributed by atoms with E-state index in [0.29, 0.717) is 13.1 Å². The van der Waals surface area contributed by atoms with Crippen LogP contribution in [-0.4, -0.2) is 17.5 Å². The van der Waals surface area contributed by atoms with Crippen LogP contribution in [0.15, 0.2) is 42.6 Å². The summed E-state index contributed by atoms with van der Waals surface area (Å²) in [5.74, 6) is 0. The lowest BCUT2D eigenvalue weighted by molar-refractivity contribution is 0.212. The second-order valence-electron chi connectivity index (χ2n) is 3.18. The van der Waals surface area contributed by atoms with Crippen LogP contribution in [-0.2, 0) is 6.54 Å². The largest absolute Gasteiger partial charge is 0.334 e. The number of rotatable bonds is 2. The summed E-state index contributed by atoms with van der Waals surface area (Å²) in [7, 11) is 0. The summed E-state index contributed by atoms with van der Waals surface area (Å²) in [5, 5.41) is 2.75. The highest BCUT2D eigenvalue weighted by Gasteiger charge is 2.12. The van der Waals surface area contributed by atoms with Gasteiger partial charge in [-0.1, -0.05) is 30.3 Å². The molecule has 1 aliphatic rings. The van der Waals surface area contributed by atoms with Gasteiger partial charge in [-0.05, 0) is 11.6 Å². The van der Waals surface area contributed by atoms with E-state index in [2.05, 4.69) is 5.32 Å². The standard InChI is InChI=1S/C11H12N2O/c14-11-12-7-4-8-13(11)9-10-5-2-1-3-6-10/h1-6,8H,7,9H2,(H,12,14). The van der Waals surface area contributed by atoms with Gasteiger partial charge in [0.15, 0.2) is 0 Å². The highest BCUT2D eigenvalue weighted by Crippen LogP contribution is 2.06. The van der Waals surface area contributed by atoms with Crippen molar-refractivity contribution in [3.8, 4) is 0 Å². The van der Waals surface area contributed by atoms with Crippen molar-refractivity contribution in [2.45, 2.75) is 6.54 Å². The molecular formula is C11H12N2O. The number of hydrogen-bond acceptors (Lipinski definition) is 1. The number of hydrogen-bond donors (Lipinski definition) is 1. The van der Waals surface area contributed by atoms with Gasteiger partial charge in [0.25, 0.3) is 0 Å². The third kappa shape index (κ3) is 1.93. The third-order valence-electron chi connectivity index (χ3n) is 2.11. The van der Waals surface area contributed by atoms with Gasteiger partial charge in [0.1, 0.15) is 0 Å². The molecule has 0 atom stereocenters. The average molecular weight is 188 g/mol. The molecule has 0 saturated carbocycles. The highest BCUT2D eigenvalue weighted by atomic mass is 16.2. The van der Waals surface area contributed by atoms with Crippen molar-refractivity contribution in [1.29, 1.82) is 0 Å². The average Bonchev–Trinajstić information content (AvgIpc) is 2.23. The quantitative estimate of drug-likeness (QED) is 0.753. The summed E-state index contributed by atoms with van der Waals surface area (Å²) in [4.78, 5) is 13.0. The first-order chi connectivity index (χ1) is 6.86. The van der Waals surface area contributed by atoms with Gasteiger partial charge in [-0.25, -0.2) is 4.79 Å². The summed E-state index contributed by atoms with van der Waals surface area (Å²) in [6.07, 6.45) is 3.76. The first-order valence-electron chi connectivity index (χ1n) is 4.61. The predicted octanol–water partition coefficient (Wildman–Crippen LogP) is 1.73. The molecule has 1 heterocycles. The molecule has 14 heavy (non-hydrogen) atoms. The number of carbonyl (C=O) groups excluding carboxylic acids is 1. The molecule has 0 bridgehead atoms. The minimum absolute atomic E-state index is 0.0312. The Morgan fingerprint density at radius 1 is 1.29 bits per heavy atom. The van der Waals surface area contributed by atoms with E-state index in [4.69, 9.17) is 0 Å². The van der Waals surface area contributed by atoms with E-state index in [1.165, 1.54) is 0 Å². The summed E-state index contributed by atoms with van der Waals surface area (Å²) < 4.78 is 0. The lowest BCUT2D eigenvalue weighted by atomic mass is 10.2. The topological polar surface area (TPSA) is 32.3 Å². The van der Waals surface area contributed by atoms with E-state index in [-0.39, 0.29) is 6.03 Å². The first-order valence-corrected chi connectivity index (χ1v) is 4.61. The lowest BCUT2D eigenvalue weighted by Crippen LogP contribution is -2.39. The van der Waals surface area contributed by atoms with Gasteiger partial charge < -0.3 is 5.32 Å². The highest BCUT2D eigenvalue weighted by molar-refractivity contribution is 5.76. The van der Waals surface area contributed by atoms with Gasteiger partial charge in [0.05, 0.1) is 6.54 Å². The fourth-order valence-electron chi connectivity index (χ4n) is 1.40. The number of nitrogens with zero attached hydrogens (tertiary/aromatic N) is 1. The molecule has 1 aromatic carbocycles. The fourth-order valence-corrected chi connectivity index (χ4v) is 1.40. The Morgan fingerprint density at radius 3 is 2.79 bits per heavy atom. The summed E-state index contributed by atoms with van der Waals surface area (Å²) in [6.45, 7) is 1.26.